The standard InChI is InChI=1S/C14H11BrCl2N2O/c1-8-14(15)9(2)19(18-8)13(20)6-4-10-3-5-11(16)12(17)7-10/h3-7H,1-2H3. The normalized spacial score (nSPS) is 11.2. The summed E-state index contributed by atoms with van der Waals surface area (Å²) in [7, 11) is 0. The number of aromatic nitrogens is 2. The minimum atomic E-state index is -0.220. The topological polar surface area (TPSA) is 34.9 Å². The van der Waals surface area contributed by atoms with Crippen LogP contribution in [0.5, 0.6) is 0 Å². The molecule has 0 amide bonds. The molecule has 0 bridgehead atoms. The maximum atomic E-state index is 12.1. The van der Waals surface area contributed by atoms with Gasteiger partial charge in [0.1, 0.15) is 0 Å². The molecule has 1 aromatic heterocycles. The van der Waals surface area contributed by atoms with Gasteiger partial charge in [-0.3, -0.25) is 4.79 Å². The predicted molar refractivity (Wildman–Crippen MR) is 85.5 cm³/mol. The van der Waals surface area contributed by atoms with Crippen molar-refractivity contribution in [2.24, 2.45) is 0 Å². The zero-order valence-corrected chi connectivity index (χ0v) is 13.9. The third-order valence-corrected chi connectivity index (χ3v) is 4.66. The lowest BCUT2D eigenvalue weighted by atomic mass is 10.2. The summed E-state index contributed by atoms with van der Waals surface area (Å²) in [6.45, 7) is 3.67. The molecule has 1 heterocycles. The van der Waals surface area contributed by atoms with Crippen molar-refractivity contribution in [1.29, 1.82) is 0 Å². The first kappa shape index (κ1) is 15.3. The summed E-state index contributed by atoms with van der Waals surface area (Å²) < 4.78 is 2.20. The molecule has 0 fully saturated rings. The number of aryl methyl sites for hydroxylation is 1. The van der Waals surface area contributed by atoms with E-state index in [-0.39, 0.29) is 5.91 Å². The van der Waals surface area contributed by atoms with Crippen LogP contribution in [0.2, 0.25) is 10.0 Å². The molecule has 2 rings (SSSR count). The summed E-state index contributed by atoms with van der Waals surface area (Å²) in [5.74, 6) is -0.220. The first-order chi connectivity index (χ1) is 9.40. The van der Waals surface area contributed by atoms with Crippen molar-refractivity contribution in [2.45, 2.75) is 13.8 Å². The fourth-order valence-corrected chi connectivity index (χ4v) is 2.25. The van der Waals surface area contributed by atoms with Crippen LogP contribution in [0.1, 0.15) is 21.7 Å². The maximum Gasteiger partial charge on any atom is 0.271 e. The summed E-state index contributed by atoms with van der Waals surface area (Å²) in [6, 6.07) is 5.17. The maximum absolute atomic E-state index is 12.1. The van der Waals surface area contributed by atoms with Crippen LogP contribution in [0.3, 0.4) is 0 Å². The fraction of sp³-hybridized carbons (Fsp3) is 0.143. The van der Waals surface area contributed by atoms with E-state index in [2.05, 4.69) is 21.0 Å². The summed E-state index contributed by atoms with van der Waals surface area (Å²) in [5, 5.41) is 5.11. The molecule has 2 aromatic rings. The average molecular weight is 374 g/mol. The Morgan fingerprint density at radius 2 is 2.00 bits per heavy atom. The van der Waals surface area contributed by atoms with Gasteiger partial charge in [-0.05, 0) is 53.5 Å². The second-order valence-corrected chi connectivity index (χ2v) is 5.85. The van der Waals surface area contributed by atoms with E-state index in [0.717, 1.165) is 21.4 Å². The zero-order valence-electron chi connectivity index (χ0n) is 10.8. The summed E-state index contributed by atoms with van der Waals surface area (Å²) in [6.07, 6.45) is 3.13. The Morgan fingerprint density at radius 1 is 1.30 bits per heavy atom. The van der Waals surface area contributed by atoms with Crippen molar-refractivity contribution in [3.05, 3.63) is 55.7 Å². The van der Waals surface area contributed by atoms with E-state index >= 15 is 0 Å². The molecule has 0 unspecified atom stereocenters. The number of carbonyl (C=O) groups is 1. The van der Waals surface area contributed by atoms with Gasteiger partial charge in [0.2, 0.25) is 0 Å². The number of nitrogens with zero attached hydrogens (tertiary/aromatic N) is 2. The van der Waals surface area contributed by atoms with Gasteiger partial charge in [0, 0.05) is 6.08 Å². The Balaban J connectivity index is 2.24. The molecule has 20 heavy (non-hydrogen) atoms. The fourth-order valence-electron chi connectivity index (χ4n) is 1.69. The number of benzene rings is 1. The van der Waals surface area contributed by atoms with Crippen LogP contribution < -0.4 is 0 Å². The molecule has 3 nitrogen and oxygen atoms in total. The van der Waals surface area contributed by atoms with Crippen molar-refractivity contribution in [3.8, 4) is 0 Å². The van der Waals surface area contributed by atoms with Gasteiger partial charge in [-0.1, -0.05) is 29.3 Å². The first-order valence-electron chi connectivity index (χ1n) is 5.79. The van der Waals surface area contributed by atoms with Crippen molar-refractivity contribution < 1.29 is 4.79 Å². The number of halogens is 3. The molecular formula is C14H11BrCl2N2O. The van der Waals surface area contributed by atoms with Crippen LogP contribution in [0.15, 0.2) is 28.7 Å². The van der Waals surface area contributed by atoms with Crippen LogP contribution in [0.25, 0.3) is 6.08 Å². The molecule has 0 aliphatic carbocycles. The van der Waals surface area contributed by atoms with Gasteiger partial charge in [0.15, 0.2) is 0 Å². The van der Waals surface area contributed by atoms with Gasteiger partial charge in [-0.2, -0.15) is 5.10 Å². The van der Waals surface area contributed by atoms with Crippen molar-refractivity contribution in [1.82, 2.24) is 9.78 Å². The second-order valence-electron chi connectivity index (χ2n) is 4.24. The Morgan fingerprint density at radius 3 is 2.55 bits per heavy atom. The van der Waals surface area contributed by atoms with Crippen LogP contribution in [-0.4, -0.2) is 15.7 Å². The Hall–Kier alpha value is -1.10. The highest BCUT2D eigenvalue weighted by atomic mass is 79.9. The zero-order chi connectivity index (χ0) is 14.9. The van der Waals surface area contributed by atoms with E-state index in [1.54, 1.807) is 24.3 Å². The van der Waals surface area contributed by atoms with Gasteiger partial charge in [-0.25, -0.2) is 4.68 Å². The van der Waals surface area contributed by atoms with Crippen molar-refractivity contribution >= 4 is 51.1 Å². The molecule has 0 aliphatic rings. The van der Waals surface area contributed by atoms with E-state index in [0.29, 0.717) is 10.0 Å². The molecule has 104 valence electrons. The molecular weight excluding hydrogens is 363 g/mol. The van der Waals surface area contributed by atoms with Crippen LogP contribution >= 0.6 is 39.1 Å². The van der Waals surface area contributed by atoms with Gasteiger partial charge >= 0.3 is 0 Å². The number of hydrogen-bond donors (Lipinski definition) is 0. The number of allylic oxidation sites excluding steroid dienone is 1. The molecule has 0 spiro atoms. The molecule has 0 radical (unpaired) electrons. The van der Waals surface area contributed by atoms with E-state index in [1.807, 2.05) is 13.8 Å². The van der Waals surface area contributed by atoms with Crippen LogP contribution in [0, 0.1) is 13.8 Å². The third-order valence-electron chi connectivity index (χ3n) is 2.77. The Labute approximate surface area is 135 Å². The summed E-state index contributed by atoms with van der Waals surface area (Å²) >= 11 is 15.1. The van der Waals surface area contributed by atoms with E-state index in [1.165, 1.54) is 10.8 Å². The van der Waals surface area contributed by atoms with E-state index in [4.69, 9.17) is 23.2 Å². The molecule has 0 atom stereocenters. The third kappa shape index (κ3) is 3.14. The molecule has 6 heteroatoms. The lowest BCUT2D eigenvalue weighted by molar-refractivity contribution is 0.0952. The lowest BCUT2D eigenvalue weighted by Crippen LogP contribution is -2.11. The minimum Gasteiger partial charge on any atom is -0.267 e. The van der Waals surface area contributed by atoms with Gasteiger partial charge in [-0.15, -0.1) is 0 Å². The molecule has 0 aliphatic heterocycles. The summed E-state index contributed by atoms with van der Waals surface area (Å²) in [4.78, 5) is 12.1. The van der Waals surface area contributed by atoms with Gasteiger partial charge < -0.3 is 0 Å². The van der Waals surface area contributed by atoms with E-state index < -0.39 is 0 Å². The number of carbonyl (C=O) groups excluding carboxylic acids is 1. The molecule has 0 saturated carbocycles. The molecule has 0 N–H and O–H groups in total. The SMILES string of the molecule is Cc1nn(C(=O)C=Cc2ccc(Cl)c(Cl)c2)c(C)c1Br. The van der Waals surface area contributed by atoms with Crippen molar-refractivity contribution in [2.75, 3.05) is 0 Å². The average Bonchev–Trinajstić information content (AvgIpc) is 2.67. The van der Waals surface area contributed by atoms with Gasteiger partial charge in [0.05, 0.1) is 25.9 Å². The largest absolute Gasteiger partial charge is 0.271 e. The van der Waals surface area contributed by atoms with E-state index in [9.17, 15) is 4.79 Å². The monoisotopic (exact) mass is 372 g/mol. The second kappa shape index (κ2) is 6.12. The van der Waals surface area contributed by atoms with Crippen molar-refractivity contribution in [3.63, 3.8) is 0 Å². The highest BCUT2D eigenvalue weighted by molar-refractivity contribution is 9.10. The first-order valence-corrected chi connectivity index (χ1v) is 7.34. The summed E-state index contributed by atoms with van der Waals surface area (Å²) in [5.41, 5.74) is 2.35. The quantitative estimate of drug-likeness (QED) is 0.700. The Bertz CT molecular complexity index is 707. The number of rotatable bonds is 2. The number of hydrogen-bond acceptors (Lipinski definition) is 2. The highest BCUT2D eigenvalue weighted by Crippen LogP contribution is 2.23. The predicted octanol–water partition coefficient (Wildman–Crippen LogP) is 4.92. The highest BCUT2D eigenvalue weighted by Gasteiger charge is 2.12. The Kier molecular flexibility index (Phi) is 4.68. The molecule has 1 aromatic carbocycles. The lowest BCUT2D eigenvalue weighted by Gasteiger charge is -1.99. The van der Waals surface area contributed by atoms with Gasteiger partial charge in [0.25, 0.3) is 5.91 Å². The molecule has 0 saturated heterocycles. The van der Waals surface area contributed by atoms with Crippen LogP contribution in [0.4, 0.5) is 0 Å². The van der Waals surface area contributed by atoms with Crippen LogP contribution in [-0.2, 0) is 0 Å². The minimum absolute atomic E-state index is 0.220. The smallest absolute Gasteiger partial charge is 0.267 e.